The van der Waals surface area contributed by atoms with Crippen LogP contribution in [0.4, 0.5) is 5.69 Å². The molecule has 4 nitrogen and oxygen atoms in total. The predicted molar refractivity (Wildman–Crippen MR) is 87.8 cm³/mol. The van der Waals surface area contributed by atoms with Crippen LogP contribution in [-0.2, 0) is 11.2 Å². The lowest BCUT2D eigenvalue weighted by Gasteiger charge is -2.12. The first-order valence-corrected chi connectivity index (χ1v) is 7.12. The van der Waals surface area contributed by atoms with E-state index >= 15 is 0 Å². The number of amides is 1. The van der Waals surface area contributed by atoms with E-state index in [4.69, 9.17) is 9.47 Å². The monoisotopic (exact) mass is 299 g/mol. The van der Waals surface area contributed by atoms with Crippen LogP contribution < -0.4 is 14.8 Å². The summed E-state index contributed by atoms with van der Waals surface area (Å²) >= 11 is 0. The Bertz CT molecular complexity index is 660. The number of hydrogen-bond donors (Lipinski definition) is 1. The maximum Gasteiger partial charge on any atom is 0.228 e. The number of carbonyl (C=O) groups is 1. The topological polar surface area (TPSA) is 47.6 Å². The Labute approximate surface area is 131 Å². The molecular weight excluding hydrogens is 278 g/mol. The fourth-order valence-corrected chi connectivity index (χ4v) is 2.37. The molecule has 0 atom stereocenters. The lowest BCUT2D eigenvalue weighted by Crippen LogP contribution is -2.16. The molecule has 22 heavy (non-hydrogen) atoms. The third-order valence-electron chi connectivity index (χ3n) is 3.56. The van der Waals surface area contributed by atoms with Crippen LogP contribution in [0.15, 0.2) is 36.4 Å². The van der Waals surface area contributed by atoms with Crippen LogP contribution in [0.5, 0.6) is 11.5 Å². The van der Waals surface area contributed by atoms with E-state index in [9.17, 15) is 4.79 Å². The minimum Gasteiger partial charge on any atom is -0.493 e. The van der Waals surface area contributed by atoms with Crippen molar-refractivity contribution in [2.45, 2.75) is 20.3 Å². The summed E-state index contributed by atoms with van der Waals surface area (Å²) in [6.07, 6.45) is 0.286. The average molecular weight is 299 g/mol. The summed E-state index contributed by atoms with van der Waals surface area (Å²) in [5, 5.41) is 2.98. The van der Waals surface area contributed by atoms with Crippen molar-refractivity contribution in [2.75, 3.05) is 19.5 Å². The van der Waals surface area contributed by atoms with Gasteiger partial charge >= 0.3 is 0 Å². The van der Waals surface area contributed by atoms with E-state index in [1.807, 2.05) is 44.2 Å². The minimum absolute atomic E-state index is 0.0513. The van der Waals surface area contributed by atoms with Crippen LogP contribution in [0.3, 0.4) is 0 Å². The second-order valence-electron chi connectivity index (χ2n) is 5.18. The molecule has 2 aromatic carbocycles. The zero-order valence-electron chi connectivity index (χ0n) is 13.4. The highest BCUT2D eigenvalue weighted by Crippen LogP contribution is 2.28. The number of hydrogen-bond acceptors (Lipinski definition) is 3. The summed E-state index contributed by atoms with van der Waals surface area (Å²) in [4.78, 5) is 12.3. The van der Waals surface area contributed by atoms with Gasteiger partial charge in [-0.3, -0.25) is 4.79 Å². The van der Waals surface area contributed by atoms with Gasteiger partial charge in [0.25, 0.3) is 0 Å². The first kappa shape index (κ1) is 15.9. The fourth-order valence-electron chi connectivity index (χ4n) is 2.37. The lowest BCUT2D eigenvalue weighted by molar-refractivity contribution is -0.115. The van der Waals surface area contributed by atoms with Crippen LogP contribution in [-0.4, -0.2) is 20.1 Å². The lowest BCUT2D eigenvalue weighted by atomic mass is 10.1. The second kappa shape index (κ2) is 6.98. The zero-order valence-corrected chi connectivity index (χ0v) is 13.4. The summed E-state index contributed by atoms with van der Waals surface area (Å²) in [6, 6.07) is 11.4. The van der Waals surface area contributed by atoms with E-state index in [0.29, 0.717) is 11.5 Å². The molecule has 0 saturated carbocycles. The van der Waals surface area contributed by atoms with Crippen LogP contribution >= 0.6 is 0 Å². The van der Waals surface area contributed by atoms with Crippen molar-refractivity contribution in [3.63, 3.8) is 0 Å². The molecule has 0 heterocycles. The maximum absolute atomic E-state index is 12.3. The predicted octanol–water partition coefficient (Wildman–Crippen LogP) is 3.50. The van der Waals surface area contributed by atoms with Gasteiger partial charge in [-0.25, -0.2) is 0 Å². The molecule has 0 bridgehead atoms. The molecule has 0 unspecified atom stereocenters. The highest BCUT2D eigenvalue weighted by molar-refractivity contribution is 5.93. The van der Waals surface area contributed by atoms with Gasteiger partial charge in [0.05, 0.1) is 20.6 Å². The summed E-state index contributed by atoms with van der Waals surface area (Å²) < 4.78 is 10.5. The van der Waals surface area contributed by atoms with Gasteiger partial charge in [0.15, 0.2) is 11.5 Å². The Morgan fingerprint density at radius 1 is 1.00 bits per heavy atom. The Morgan fingerprint density at radius 3 is 2.23 bits per heavy atom. The van der Waals surface area contributed by atoms with Crippen LogP contribution in [0.2, 0.25) is 0 Å². The van der Waals surface area contributed by atoms with Gasteiger partial charge in [-0.2, -0.15) is 0 Å². The first-order chi connectivity index (χ1) is 10.5. The smallest absolute Gasteiger partial charge is 0.228 e. The standard InChI is InChI=1S/C18H21NO3/c1-12-6-5-7-13(2)18(12)19-17(20)11-14-8-9-15(21-3)16(10-14)22-4/h5-10H,11H2,1-4H3,(H,19,20). The van der Waals surface area contributed by atoms with Crippen molar-refractivity contribution in [1.82, 2.24) is 0 Å². The molecule has 1 N–H and O–H groups in total. The highest BCUT2D eigenvalue weighted by atomic mass is 16.5. The molecule has 1 amide bonds. The third-order valence-corrected chi connectivity index (χ3v) is 3.56. The fraction of sp³-hybridized carbons (Fsp3) is 0.278. The Balaban J connectivity index is 2.12. The summed E-state index contributed by atoms with van der Waals surface area (Å²) in [5.41, 5.74) is 3.87. The molecule has 0 spiro atoms. The minimum atomic E-state index is -0.0513. The molecule has 2 rings (SSSR count). The number of nitrogens with one attached hydrogen (secondary N) is 1. The quantitative estimate of drug-likeness (QED) is 0.919. The van der Waals surface area contributed by atoms with E-state index in [-0.39, 0.29) is 12.3 Å². The molecule has 0 aliphatic heterocycles. The van der Waals surface area contributed by atoms with E-state index in [0.717, 1.165) is 22.4 Å². The molecule has 0 aliphatic rings. The molecule has 0 saturated heterocycles. The van der Waals surface area contributed by atoms with Crippen LogP contribution in [0, 0.1) is 13.8 Å². The van der Waals surface area contributed by atoms with Crippen molar-refractivity contribution < 1.29 is 14.3 Å². The van der Waals surface area contributed by atoms with Crippen molar-refractivity contribution in [3.05, 3.63) is 53.1 Å². The molecule has 0 fully saturated rings. The third kappa shape index (κ3) is 3.58. The molecule has 0 aliphatic carbocycles. The molecule has 2 aromatic rings. The SMILES string of the molecule is COc1ccc(CC(=O)Nc2c(C)cccc2C)cc1OC. The van der Waals surface area contributed by atoms with E-state index < -0.39 is 0 Å². The van der Waals surface area contributed by atoms with Gasteiger partial charge in [-0.05, 0) is 42.7 Å². The van der Waals surface area contributed by atoms with Gasteiger partial charge in [0, 0.05) is 5.69 Å². The number of benzene rings is 2. The van der Waals surface area contributed by atoms with Crippen molar-refractivity contribution >= 4 is 11.6 Å². The van der Waals surface area contributed by atoms with Gasteiger partial charge < -0.3 is 14.8 Å². The molecule has 0 radical (unpaired) electrons. The number of para-hydroxylation sites is 1. The normalized spacial score (nSPS) is 10.2. The molecule has 116 valence electrons. The van der Waals surface area contributed by atoms with E-state index in [1.165, 1.54) is 0 Å². The molecular formula is C18H21NO3. The Kier molecular flexibility index (Phi) is 5.04. The van der Waals surface area contributed by atoms with Crippen molar-refractivity contribution in [3.8, 4) is 11.5 Å². The number of ether oxygens (including phenoxy) is 2. The van der Waals surface area contributed by atoms with Crippen molar-refractivity contribution in [1.29, 1.82) is 0 Å². The maximum atomic E-state index is 12.3. The number of carbonyl (C=O) groups excluding carboxylic acids is 1. The summed E-state index contributed by atoms with van der Waals surface area (Å²) in [5.74, 6) is 1.23. The summed E-state index contributed by atoms with van der Waals surface area (Å²) in [6.45, 7) is 3.97. The van der Waals surface area contributed by atoms with E-state index in [2.05, 4.69) is 5.32 Å². The second-order valence-corrected chi connectivity index (χ2v) is 5.18. The number of anilines is 1. The molecule has 0 aromatic heterocycles. The largest absolute Gasteiger partial charge is 0.493 e. The van der Waals surface area contributed by atoms with Crippen molar-refractivity contribution in [2.24, 2.45) is 0 Å². The average Bonchev–Trinajstić information content (AvgIpc) is 2.51. The van der Waals surface area contributed by atoms with Crippen LogP contribution in [0.1, 0.15) is 16.7 Å². The van der Waals surface area contributed by atoms with E-state index in [1.54, 1.807) is 20.3 Å². The van der Waals surface area contributed by atoms with Gasteiger partial charge in [0.1, 0.15) is 0 Å². The summed E-state index contributed by atoms with van der Waals surface area (Å²) in [7, 11) is 3.17. The van der Waals surface area contributed by atoms with Gasteiger partial charge in [0.2, 0.25) is 5.91 Å². The number of rotatable bonds is 5. The number of methoxy groups -OCH3 is 2. The first-order valence-electron chi connectivity index (χ1n) is 7.12. The number of aryl methyl sites for hydroxylation is 2. The Morgan fingerprint density at radius 2 is 1.64 bits per heavy atom. The Hall–Kier alpha value is -2.49. The van der Waals surface area contributed by atoms with Gasteiger partial charge in [-0.15, -0.1) is 0 Å². The zero-order chi connectivity index (χ0) is 16.1. The van der Waals surface area contributed by atoms with Crippen LogP contribution in [0.25, 0.3) is 0 Å². The molecule has 4 heteroatoms. The van der Waals surface area contributed by atoms with Gasteiger partial charge in [-0.1, -0.05) is 24.3 Å². The highest BCUT2D eigenvalue weighted by Gasteiger charge is 2.10.